The van der Waals surface area contributed by atoms with E-state index < -0.39 is 0 Å². The van der Waals surface area contributed by atoms with E-state index in [1.165, 1.54) is 17.4 Å². The Morgan fingerprint density at radius 3 is 3.00 bits per heavy atom. The molecule has 2 rings (SSSR count). The minimum absolute atomic E-state index is 0.0171. The minimum atomic E-state index is -0.351. The van der Waals surface area contributed by atoms with Crippen LogP contribution in [0.4, 0.5) is 4.39 Å². The van der Waals surface area contributed by atoms with Crippen LogP contribution in [0.25, 0.3) is 0 Å². The fourth-order valence-corrected chi connectivity index (χ4v) is 2.30. The van der Waals surface area contributed by atoms with Gasteiger partial charge in [0.1, 0.15) is 6.61 Å². The number of nitrogens with two attached hydrogens (primary N) is 1. The molecule has 2 N–H and O–H groups in total. The second-order valence-electron chi connectivity index (χ2n) is 4.37. The van der Waals surface area contributed by atoms with E-state index in [0.29, 0.717) is 12.2 Å². The smallest absolute Gasteiger partial charge is 0.165 e. The molecule has 0 fully saturated rings. The maximum atomic E-state index is 13.8. The first-order valence-electron chi connectivity index (χ1n) is 6.23. The van der Waals surface area contributed by atoms with Crippen LogP contribution in [-0.2, 0) is 13.0 Å². The van der Waals surface area contributed by atoms with Gasteiger partial charge < -0.3 is 10.5 Å². The number of hydrogen-bond acceptors (Lipinski definition) is 4. The molecule has 0 amide bonds. The fourth-order valence-electron chi connectivity index (χ4n) is 1.76. The minimum Gasteiger partial charge on any atom is -0.484 e. The van der Waals surface area contributed by atoms with Crippen molar-refractivity contribution in [3.8, 4) is 5.75 Å². The molecule has 0 spiro atoms. The number of thiazole rings is 1. The highest BCUT2D eigenvalue weighted by Gasteiger charge is 2.13. The Bertz CT molecular complexity index is 516. The second kappa shape index (κ2) is 6.63. The largest absolute Gasteiger partial charge is 0.484 e. The molecule has 0 saturated heterocycles. The topological polar surface area (TPSA) is 48.1 Å². The Labute approximate surface area is 116 Å². The summed E-state index contributed by atoms with van der Waals surface area (Å²) in [5.41, 5.74) is 9.27. The average Bonchev–Trinajstić information content (AvgIpc) is 2.91. The predicted octanol–water partition coefficient (Wildman–Crippen LogP) is 3.14. The number of para-hydroxylation sites is 1. The Morgan fingerprint density at radius 2 is 2.32 bits per heavy atom. The van der Waals surface area contributed by atoms with Gasteiger partial charge in [0, 0.05) is 11.4 Å². The van der Waals surface area contributed by atoms with E-state index in [2.05, 4.69) is 4.98 Å². The summed E-state index contributed by atoms with van der Waals surface area (Å²) in [5.74, 6) is -0.0598. The highest BCUT2D eigenvalue weighted by Crippen LogP contribution is 2.25. The lowest BCUT2D eigenvalue weighted by Crippen LogP contribution is -2.22. The lowest BCUT2D eigenvalue weighted by molar-refractivity contribution is 0.282. The summed E-state index contributed by atoms with van der Waals surface area (Å²) in [6, 6.07) is 4.96. The van der Waals surface area contributed by atoms with Crippen LogP contribution in [0.3, 0.4) is 0 Å². The van der Waals surface area contributed by atoms with Gasteiger partial charge in [-0.05, 0) is 24.5 Å². The monoisotopic (exact) mass is 280 g/mol. The first-order valence-corrected chi connectivity index (χ1v) is 7.17. The van der Waals surface area contributed by atoms with E-state index in [4.69, 9.17) is 10.5 Å². The first kappa shape index (κ1) is 14.0. The third-order valence-corrected chi connectivity index (χ3v) is 3.54. The van der Waals surface area contributed by atoms with Crippen molar-refractivity contribution in [1.29, 1.82) is 0 Å². The molecular weight excluding hydrogens is 263 g/mol. The van der Waals surface area contributed by atoms with Gasteiger partial charge in [0.25, 0.3) is 0 Å². The van der Waals surface area contributed by atoms with Gasteiger partial charge in [-0.25, -0.2) is 9.37 Å². The molecule has 0 bridgehead atoms. The van der Waals surface area contributed by atoms with Crippen LogP contribution in [-0.4, -0.2) is 11.0 Å². The molecule has 0 saturated carbocycles. The number of rotatable bonds is 6. The molecule has 0 aliphatic carbocycles. The average molecular weight is 280 g/mol. The maximum absolute atomic E-state index is 13.8. The molecule has 1 unspecified atom stereocenters. The van der Waals surface area contributed by atoms with E-state index in [1.807, 2.05) is 18.4 Å². The quantitative estimate of drug-likeness (QED) is 0.884. The SMILES string of the molecule is CCC(N)Cc1cccc(F)c1OCc1cscn1. The normalized spacial score (nSPS) is 12.4. The summed E-state index contributed by atoms with van der Waals surface area (Å²) < 4.78 is 19.4. The van der Waals surface area contributed by atoms with Crippen molar-refractivity contribution in [3.63, 3.8) is 0 Å². The Balaban J connectivity index is 2.13. The lowest BCUT2D eigenvalue weighted by Gasteiger charge is -2.14. The molecule has 1 aromatic carbocycles. The summed E-state index contributed by atoms with van der Waals surface area (Å²) in [6.45, 7) is 2.29. The van der Waals surface area contributed by atoms with Crippen LogP contribution >= 0.6 is 11.3 Å². The molecule has 0 aliphatic rings. The summed E-state index contributed by atoms with van der Waals surface area (Å²) >= 11 is 1.49. The van der Waals surface area contributed by atoms with Gasteiger partial charge in [-0.1, -0.05) is 19.1 Å². The van der Waals surface area contributed by atoms with Crippen molar-refractivity contribution in [2.24, 2.45) is 5.73 Å². The summed E-state index contributed by atoms with van der Waals surface area (Å²) in [7, 11) is 0. The van der Waals surface area contributed by atoms with Crippen molar-refractivity contribution in [3.05, 3.63) is 46.2 Å². The number of ether oxygens (including phenoxy) is 1. The van der Waals surface area contributed by atoms with Crippen LogP contribution in [0.1, 0.15) is 24.6 Å². The maximum Gasteiger partial charge on any atom is 0.165 e. The van der Waals surface area contributed by atoms with Gasteiger partial charge in [-0.2, -0.15) is 0 Å². The van der Waals surface area contributed by atoms with Crippen molar-refractivity contribution in [1.82, 2.24) is 4.98 Å². The zero-order valence-corrected chi connectivity index (χ0v) is 11.6. The van der Waals surface area contributed by atoms with Crippen LogP contribution < -0.4 is 10.5 Å². The molecule has 19 heavy (non-hydrogen) atoms. The van der Waals surface area contributed by atoms with E-state index >= 15 is 0 Å². The van der Waals surface area contributed by atoms with Gasteiger partial charge in [-0.3, -0.25) is 0 Å². The molecule has 0 radical (unpaired) electrons. The van der Waals surface area contributed by atoms with Crippen LogP contribution in [0.2, 0.25) is 0 Å². The van der Waals surface area contributed by atoms with E-state index in [-0.39, 0.29) is 18.5 Å². The first-order chi connectivity index (χ1) is 9.20. The molecule has 5 heteroatoms. The van der Waals surface area contributed by atoms with Crippen molar-refractivity contribution < 1.29 is 9.13 Å². The van der Waals surface area contributed by atoms with Gasteiger partial charge in [0.2, 0.25) is 0 Å². The molecule has 0 aliphatic heterocycles. The highest BCUT2D eigenvalue weighted by molar-refractivity contribution is 7.07. The van der Waals surface area contributed by atoms with Crippen LogP contribution in [0.15, 0.2) is 29.1 Å². The van der Waals surface area contributed by atoms with E-state index in [1.54, 1.807) is 11.6 Å². The molecule has 1 heterocycles. The molecular formula is C14H17FN2OS. The third kappa shape index (κ3) is 3.75. The summed E-state index contributed by atoms with van der Waals surface area (Å²) in [5, 5.41) is 1.89. The van der Waals surface area contributed by atoms with Crippen LogP contribution in [0, 0.1) is 5.82 Å². The zero-order chi connectivity index (χ0) is 13.7. The number of halogens is 1. The molecule has 102 valence electrons. The highest BCUT2D eigenvalue weighted by atomic mass is 32.1. The van der Waals surface area contributed by atoms with Crippen molar-refractivity contribution >= 4 is 11.3 Å². The second-order valence-corrected chi connectivity index (χ2v) is 5.09. The van der Waals surface area contributed by atoms with Gasteiger partial charge in [0.05, 0.1) is 11.2 Å². The fraction of sp³-hybridized carbons (Fsp3) is 0.357. The van der Waals surface area contributed by atoms with Crippen molar-refractivity contribution in [2.45, 2.75) is 32.4 Å². The Kier molecular flexibility index (Phi) is 4.87. The Morgan fingerprint density at radius 1 is 1.47 bits per heavy atom. The number of aromatic nitrogens is 1. The molecule has 1 atom stereocenters. The molecule has 1 aromatic heterocycles. The van der Waals surface area contributed by atoms with Crippen molar-refractivity contribution in [2.75, 3.05) is 0 Å². The lowest BCUT2D eigenvalue weighted by atomic mass is 10.0. The number of benzene rings is 1. The third-order valence-electron chi connectivity index (χ3n) is 2.90. The van der Waals surface area contributed by atoms with Gasteiger partial charge >= 0.3 is 0 Å². The van der Waals surface area contributed by atoms with Crippen LogP contribution in [0.5, 0.6) is 5.75 Å². The molecule has 2 aromatic rings. The van der Waals surface area contributed by atoms with E-state index in [0.717, 1.165) is 17.7 Å². The summed E-state index contributed by atoms with van der Waals surface area (Å²) in [4.78, 5) is 4.11. The van der Waals surface area contributed by atoms with Gasteiger partial charge in [0.15, 0.2) is 11.6 Å². The summed E-state index contributed by atoms with van der Waals surface area (Å²) in [6.07, 6.45) is 1.46. The standard InChI is InChI=1S/C14H17FN2OS/c1-2-11(16)6-10-4-3-5-13(15)14(10)18-7-12-8-19-9-17-12/h3-5,8-9,11H,2,6-7,16H2,1H3. The number of hydrogen-bond donors (Lipinski definition) is 1. The molecule has 3 nitrogen and oxygen atoms in total. The Hall–Kier alpha value is -1.46. The number of nitrogens with zero attached hydrogens (tertiary/aromatic N) is 1. The zero-order valence-electron chi connectivity index (χ0n) is 10.8. The van der Waals surface area contributed by atoms with E-state index in [9.17, 15) is 4.39 Å². The van der Waals surface area contributed by atoms with Gasteiger partial charge in [-0.15, -0.1) is 11.3 Å². The predicted molar refractivity (Wildman–Crippen MR) is 74.8 cm³/mol.